The van der Waals surface area contributed by atoms with Crippen molar-refractivity contribution in [3.63, 3.8) is 0 Å². The standard InChI is InChI=1S/C25H25Cl2N5O2/c26-17-8-9-21(20(27)12-17)32-23(16-6-7-16)19(13-29-32)25(34)30-18-4-1-3-15(11-18)14-31-10-2-5-22(31)24(28)33/h1,3-4,8-9,11-13,16,22H,2,5-7,10,14H2,(H2,28,33)(H,30,34). The van der Waals surface area contributed by atoms with Crippen LogP contribution in [0.3, 0.4) is 0 Å². The summed E-state index contributed by atoms with van der Waals surface area (Å²) in [5, 5.41) is 8.53. The molecule has 1 aliphatic carbocycles. The summed E-state index contributed by atoms with van der Waals surface area (Å²) in [6.45, 7) is 1.44. The Morgan fingerprint density at radius 2 is 1.94 bits per heavy atom. The van der Waals surface area contributed by atoms with Gasteiger partial charge in [0.05, 0.1) is 34.2 Å². The first-order valence-corrected chi connectivity index (χ1v) is 12.1. The van der Waals surface area contributed by atoms with Gasteiger partial charge in [-0.05, 0) is 68.1 Å². The van der Waals surface area contributed by atoms with Gasteiger partial charge in [-0.25, -0.2) is 4.68 Å². The van der Waals surface area contributed by atoms with Gasteiger partial charge in [-0.2, -0.15) is 5.10 Å². The van der Waals surface area contributed by atoms with Gasteiger partial charge in [-0.3, -0.25) is 14.5 Å². The van der Waals surface area contributed by atoms with Gasteiger partial charge in [-0.15, -0.1) is 0 Å². The van der Waals surface area contributed by atoms with E-state index in [-0.39, 0.29) is 23.8 Å². The third kappa shape index (κ3) is 4.69. The number of carbonyl (C=O) groups is 2. The number of rotatable bonds is 7. The number of primary amides is 1. The molecule has 9 heteroatoms. The Morgan fingerprint density at radius 1 is 1.12 bits per heavy atom. The van der Waals surface area contributed by atoms with Crippen molar-refractivity contribution in [2.45, 2.75) is 44.2 Å². The fourth-order valence-corrected chi connectivity index (χ4v) is 5.13. The van der Waals surface area contributed by atoms with Crippen LogP contribution in [0.15, 0.2) is 48.7 Å². The van der Waals surface area contributed by atoms with Crippen LogP contribution in [-0.4, -0.2) is 39.1 Å². The maximum atomic E-state index is 13.3. The van der Waals surface area contributed by atoms with E-state index in [0.717, 1.165) is 43.5 Å². The normalized spacial score (nSPS) is 18.2. The Hall–Kier alpha value is -2.87. The average Bonchev–Trinajstić information content (AvgIpc) is 3.35. The summed E-state index contributed by atoms with van der Waals surface area (Å²) in [6.07, 6.45) is 5.35. The quantitative estimate of drug-likeness (QED) is 0.491. The van der Waals surface area contributed by atoms with Crippen molar-refractivity contribution in [2.24, 2.45) is 5.73 Å². The molecule has 1 saturated carbocycles. The molecule has 0 bridgehead atoms. The van der Waals surface area contributed by atoms with Crippen LogP contribution in [-0.2, 0) is 11.3 Å². The molecule has 2 amide bonds. The van der Waals surface area contributed by atoms with Gasteiger partial charge in [0.1, 0.15) is 0 Å². The molecule has 3 N–H and O–H groups in total. The number of likely N-dealkylation sites (tertiary alicyclic amines) is 1. The van der Waals surface area contributed by atoms with E-state index < -0.39 is 0 Å². The molecule has 0 spiro atoms. The molecule has 2 aromatic carbocycles. The van der Waals surface area contributed by atoms with Crippen LogP contribution in [0.5, 0.6) is 0 Å². The van der Waals surface area contributed by atoms with Gasteiger partial charge in [0, 0.05) is 23.2 Å². The van der Waals surface area contributed by atoms with E-state index >= 15 is 0 Å². The number of hydrogen-bond acceptors (Lipinski definition) is 4. The second kappa shape index (κ2) is 9.41. The SMILES string of the molecule is NC(=O)C1CCCN1Cc1cccc(NC(=O)c2cnn(-c3ccc(Cl)cc3Cl)c2C2CC2)c1. The van der Waals surface area contributed by atoms with Crippen LogP contribution < -0.4 is 11.1 Å². The summed E-state index contributed by atoms with van der Waals surface area (Å²) >= 11 is 12.5. The third-order valence-electron chi connectivity index (χ3n) is 6.42. The van der Waals surface area contributed by atoms with E-state index in [4.69, 9.17) is 28.9 Å². The van der Waals surface area contributed by atoms with Crippen molar-refractivity contribution < 1.29 is 9.59 Å². The monoisotopic (exact) mass is 497 g/mol. The first kappa shape index (κ1) is 22.9. The first-order valence-electron chi connectivity index (χ1n) is 11.4. The van der Waals surface area contributed by atoms with Crippen molar-refractivity contribution in [1.29, 1.82) is 0 Å². The second-order valence-electron chi connectivity index (χ2n) is 8.91. The molecule has 2 heterocycles. The minimum atomic E-state index is -0.285. The maximum absolute atomic E-state index is 13.3. The van der Waals surface area contributed by atoms with Crippen molar-refractivity contribution in [2.75, 3.05) is 11.9 Å². The molecule has 1 aromatic heterocycles. The van der Waals surface area contributed by atoms with Crippen LogP contribution in [0.25, 0.3) is 5.69 Å². The number of amides is 2. The highest BCUT2D eigenvalue weighted by Gasteiger charge is 2.33. The van der Waals surface area contributed by atoms with Crippen LogP contribution >= 0.6 is 23.2 Å². The van der Waals surface area contributed by atoms with Gasteiger partial charge in [-0.1, -0.05) is 35.3 Å². The molecule has 1 unspecified atom stereocenters. The van der Waals surface area contributed by atoms with Gasteiger partial charge in [0.2, 0.25) is 5.91 Å². The molecule has 1 saturated heterocycles. The number of aromatic nitrogens is 2. The van der Waals surface area contributed by atoms with E-state index in [1.54, 1.807) is 23.0 Å². The zero-order valence-electron chi connectivity index (χ0n) is 18.5. The molecule has 1 atom stereocenters. The lowest BCUT2D eigenvalue weighted by molar-refractivity contribution is -0.122. The molecule has 0 radical (unpaired) electrons. The number of carbonyl (C=O) groups excluding carboxylic acids is 2. The highest BCUT2D eigenvalue weighted by atomic mass is 35.5. The molecule has 2 fully saturated rings. The number of hydrogen-bond donors (Lipinski definition) is 2. The summed E-state index contributed by atoms with van der Waals surface area (Å²) in [5.74, 6) is -0.235. The van der Waals surface area contributed by atoms with E-state index in [1.807, 2.05) is 30.3 Å². The van der Waals surface area contributed by atoms with Crippen molar-refractivity contribution >= 4 is 40.7 Å². The number of benzene rings is 2. The molecule has 176 valence electrons. The number of anilines is 1. The number of nitrogens with one attached hydrogen (secondary N) is 1. The lowest BCUT2D eigenvalue weighted by atomic mass is 10.1. The molecule has 1 aliphatic heterocycles. The summed E-state index contributed by atoms with van der Waals surface area (Å²) in [4.78, 5) is 27.1. The highest BCUT2D eigenvalue weighted by Crippen LogP contribution is 2.43. The van der Waals surface area contributed by atoms with Crippen LogP contribution in [0, 0.1) is 0 Å². The molecule has 2 aliphatic rings. The van der Waals surface area contributed by atoms with Crippen LogP contribution in [0.4, 0.5) is 5.69 Å². The molecule has 3 aromatic rings. The van der Waals surface area contributed by atoms with Crippen LogP contribution in [0.2, 0.25) is 10.0 Å². The highest BCUT2D eigenvalue weighted by molar-refractivity contribution is 6.35. The third-order valence-corrected chi connectivity index (χ3v) is 6.95. The summed E-state index contributed by atoms with van der Waals surface area (Å²) in [7, 11) is 0. The van der Waals surface area contributed by atoms with Gasteiger partial charge >= 0.3 is 0 Å². The first-order chi connectivity index (χ1) is 16.4. The molecule has 34 heavy (non-hydrogen) atoms. The van der Waals surface area contributed by atoms with E-state index in [1.165, 1.54) is 0 Å². The van der Waals surface area contributed by atoms with E-state index in [0.29, 0.717) is 33.5 Å². The zero-order chi connectivity index (χ0) is 23.8. The number of nitrogens with zero attached hydrogens (tertiary/aromatic N) is 3. The largest absolute Gasteiger partial charge is 0.368 e. The maximum Gasteiger partial charge on any atom is 0.259 e. The number of nitrogens with two attached hydrogens (primary N) is 1. The molecule has 7 nitrogen and oxygen atoms in total. The fraction of sp³-hybridized carbons (Fsp3) is 0.320. The minimum absolute atomic E-state index is 0.216. The van der Waals surface area contributed by atoms with Crippen molar-refractivity contribution in [3.05, 3.63) is 75.5 Å². The van der Waals surface area contributed by atoms with Gasteiger partial charge in [0.25, 0.3) is 5.91 Å². The lowest BCUT2D eigenvalue weighted by Gasteiger charge is -2.22. The van der Waals surface area contributed by atoms with Crippen molar-refractivity contribution in [1.82, 2.24) is 14.7 Å². The molecular weight excluding hydrogens is 473 g/mol. The predicted molar refractivity (Wildman–Crippen MR) is 133 cm³/mol. The van der Waals surface area contributed by atoms with Crippen molar-refractivity contribution in [3.8, 4) is 5.69 Å². The Kier molecular flexibility index (Phi) is 6.34. The molecular formula is C25H25Cl2N5O2. The summed E-state index contributed by atoms with van der Waals surface area (Å²) < 4.78 is 1.75. The topological polar surface area (TPSA) is 93.2 Å². The Labute approximate surface area is 207 Å². The van der Waals surface area contributed by atoms with Gasteiger partial charge in [0.15, 0.2) is 0 Å². The lowest BCUT2D eigenvalue weighted by Crippen LogP contribution is -2.39. The second-order valence-corrected chi connectivity index (χ2v) is 9.75. The Bertz CT molecular complexity index is 1250. The Morgan fingerprint density at radius 3 is 2.68 bits per heavy atom. The number of halogens is 2. The zero-order valence-corrected chi connectivity index (χ0v) is 20.0. The predicted octanol–water partition coefficient (Wildman–Crippen LogP) is 4.76. The average molecular weight is 498 g/mol. The van der Waals surface area contributed by atoms with Crippen LogP contribution in [0.1, 0.15) is 53.2 Å². The summed E-state index contributed by atoms with van der Waals surface area (Å²) in [6, 6.07) is 12.7. The minimum Gasteiger partial charge on any atom is -0.368 e. The van der Waals surface area contributed by atoms with Gasteiger partial charge < -0.3 is 11.1 Å². The fourth-order valence-electron chi connectivity index (χ4n) is 4.65. The Balaban J connectivity index is 1.37. The molecule has 5 rings (SSSR count). The smallest absolute Gasteiger partial charge is 0.259 e. The van der Waals surface area contributed by atoms with E-state index in [9.17, 15) is 9.59 Å². The summed E-state index contributed by atoms with van der Waals surface area (Å²) in [5.41, 5.74) is 9.34. The van der Waals surface area contributed by atoms with E-state index in [2.05, 4.69) is 15.3 Å².